The number of benzene rings is 3. The molecule has 0 radical (unpaired) electrons. The summed E-state index contributed by atoms with van der Waals surface area (Å²) in [7, 11) is 0. The lowest BCUT2D eigenvalue weighted by Crippen LogP contribution is -2.40. The van der Waals surface area contributed by atoms with Crippen LogP contribution in [0.4, 0.5) is 11.4 Å². The van der Waals surface area contributed by atoms with Gasteiger partial charge < -0.3 is 4.74 Å². The summed E-state index contributed by atoms with van der Waals surface area (Å²) in [4.78, 5) is 27.7. The van der Waals surface area contributed by atoms with Gasteiger partial charge in [-0.1, -0.05) is 48.5 Å². The van der Waals surface area contributed by atoms with Gasteiger partial charge in [-0.15, -0.1) is 0 Å². The van der Waals surface area contributed by atoms with Gasteiger partial charge in [0.2, 0.25) is 0 Å². The van der Waals surface area contributed by atoms with Crippen LogP contribution in [0.15, 0.2) is 95.1 Å². The molecule has 0 aromatic heterocycles. The standard InChI is InChI=1S/C29H28N4O3/c1-4-36-24-17-15-21(16-18-24)27(25-19(2)30-32(28(25)34)22-11-7-5-8-12-22)26-20(3)31-33(29(26)35)23-13-9-6-10-14-23/h5-18,25-27H,4H2,1-3H3. The van der Waals surface area contributed by atoms with E-state index in [1.54, 1.807) is 0 Å². The zero-order valence-electron chi connectivity index (χ0n) is 20.5. The normalized spacial score (nSPS) is 20.4. The van der Waals surface area contributed by atoms with Crippen molar-refractivity contribution in [2.45, 2.75) is 26.7 Å². The molecule has 0 fully saturated rings. The van der Waals surface area contributed by atoms with Crippen molar-refractivity contribution >= 4 is 34.6 Å². The van der Waals surface area contributed by atoms with E-state index < -0.39 is 17.8 Å². The Labute approximate surface area is 210 Å². The van der Waals surface area contributed by atoms with Crippen LogP contribution in [-0.4, -0.2) is 29.8 Å². The fourth-order valence-corrected chi connectivity index (χ4v) is 5.02. The number of amides is 2. The van der Waals surface area contributed by atoms with Crippen LogP contribution in [0.3, 0.4) is 0 Å². The summed E-state index contributed by atoms with van der Waals surface area (Å²) in [6.07, 6.45) is 0. The molecule has 36 heavy (non-hydrogen) atoms. The lowest BCUT2D eigenvalue weighted by molar-refractivity contribution is -0.122. The molecule has 0 spiro atoms. The highest BCUT2D eigenvalue weighted by atomic mass is 16.5. The molecule has 0 N–H and O–H groups in total. The summed E-state index contributed by atoms with van der Waals surface area (Å²) < 4.78 is 5.63. The largest absolute Gasteiger partial charge is 0.494 e. The molecule has 2 atom stereocenters. The molecule has 7 heteroatoms. The summed E-state index contributed by atoms with van der Waals surface area (Å²) >= 11 is 0. The van der Waals surface area contributed by atoms with E-state index in [1.165, 1.54) is 10.0 Å². The van der Waals surface area contributed by atoms with Gasteiger partial charge in [-0.25, -0.2) is 10.0 Å². The average molecular weight is 481 g/mol. The van der Waals surface area contributed by atoms with Crippen molar-refractivity contribution in [3.8, 4) is 5.75 Å². The number of carbonyl (C=O) groups is 2. The molecule has 7 nitrogen and oxygen atoms in total. The summed E-state index contributed by atoms with van der Waals surface area (Å²) in [5, 5.41) is 12.1. The average Bonchev–Trinajstić information content (AvgIpc) is 3.36. The van der Waals surface area contributed by atoms with Crippen LogP contribution in [0.1, 0.15) is 32.3 Å². The van der Waals surface area contributed by atoms with Gasteiger partial charge in [0, 0.05) is 17.3 Å². The van der Waals surface area contributed by atoms with Gasteiger partial charge in [0.25, 0.3) is 11.8 Å². The third-order valence-electron chi connectivity index (χ3n) is 6.66. The molecular formula is C29H28N4O3. The number of hydrogen-bond acceptors (Lipinski definition) is 5. The molecule has 0 bridgehead atoms. The molecule has 3 aromatic rings. The lowest BCUT2D eigenvalue weighted by atomic mass is 9.73. The van der Waals surface area contributed by atoms with E-state index in [4.69, 9.17) is 4.74 Å². The maximum absolute atomic E-state index is 13.8. The number of hydrazone groups is 2. The quantitative estimate of drug-likeness (QED) is 0.464. The number of para-hydroxylation sites is 2. The van der Waals surface area contributed by atoms with E-state index in [0.29, 0.717) is 29.4 Å². The molecule has 2 amide bonds. The Hall–Kier alpha value is -4.26. The van der Waals surface area contributed by atoms with E-state index in [2.05, 4.69) is 10.2 Å². The van der Waals surface area contributed by atoms with E-state index in [-0.39, 0.29) is 11.8 Å². The van der Waals surface area contributed by atoms with Gasteiger partial charge >= 0.3 is 0 Å². The third-order valence-corrected chi connectivity index (χ3v) is 6.66. The molecular weight excluding hydrogens is 452 g/mol. The number of nitrogens with zero attached hydrogens (tertiary/aromatic N) is 4. The Morgan fingerprint density at radius 2 is 1.17 bits per heavy atom. The number of rotatable bonds is 7. The monoisotopic (exact) mass is 480 g/mol. The molecule has 2 unspecified atom stereocenters. The zero-order valence-corrected chi connectivity index (χ0v) is 20.5. The fourth-order valence-electron chi connectivity index (χ4n) is 5.02. The van der Waals surface area contributed by atoms with Crippen LogP contribution in [0.25, 0.3) is 0 Å². The fraction of sp³-hybridized carbons (Fsp3) is 0.241. The van der Waals surface area contributed by atoms with Crippen LogP contribution >= 0.6 is 0 Å². The Morgan fingerprint density at radius 3 is 1.58 bits per heavy atom. The maximum atomic E-state index is 13.8. The Bertz CT molecular complexity index is 1240. The SMILES string of the molecule is CCOc1ccc(C(C2C(=O)N(c3ccccc3)N=C2C)C2C(=O)N(c3ccccc3)N=C2C)cc1. The van der Waals surface area contributed by atoms with Crippen molar-refractivity contribution in [2.75, 3.05) is 16.6 Å². The van der Waals surface area contributed by atoms with Crippen molar-refractivity contribution in [1.82, 2.24) is 0 Å². The highest BCUT2D eigenvalue weighted by Gasteiger charge is 2.50. The molecule has 2 aliphatic heterocycles. The summed E-state index contributed by atoms with van der Waals surface area (Å²) in [6.45, 7) is 6.20. The van der Waals surface area contributed by atoms with Crippen LogP contribution in [0.5, 0.6) is 5.75 Å². The van der Waals surface area contributed by atoms with E-state index >= 15 is 0 Å². The highest BCUT2D eigenvalue weighted by molar-refractivity contribution is 6.19. The first-order valence-electron chi connectivity index (χ1n) is 12.1. The molecule has 3 aromatic carbocycles. The van der Waals surface area contributed by atoms with Crippen molar-refractivity contribution in [1.29, 1.82) is 0 Å². The van der Waals surface area contributed by atoms with E-state index in [0.717, 1.165) is 11.3 Å². The van der Waals surface area contributed by atoms with E-state index in [9.17, 15) is 9.59 Å². The number of hydrogen-bond donors (Lipinski definition) is 0. The van der Waals surface area contributed by atoms with E-state index in [1.807, 2.05) is 106 Å². The van der Waals surface area contributed by atoms with Crippen LogP contribution < -0.4 is 14.8 Å². The van der Waals surface area contributed by atoms with Gasteiger partial charge in [-0.05, 0) is 62.7 Å². The molecule has 2 heterocycles. The maximum Gasteiger partial charge on any atom is 0.256 e. The van der Waals surface area contributed by atoms with Crippen LogP contribution in [0, 0.1) is 11.8 Å². The molecule has 0 saturated heterocycles. The van der Waals surface area contributed by atoms with Crippen molar-refractivity contribution < 1.29 is 14.3 Å². The Morgan fingerprint density at radius 1 is 0.722 bits per heavy atom. The van der Waals surface area contributed by atoms with Crippen molar-refractivity contribution in [2.24, 2.45) is 22.0 Å². The lowest BCUT2D eigenvalue weighted by Gasteiger charge is -2.28. The molecule has 5 rings (SSSR count). The predicted molar refractivity (Wildman–Crippen MR) is 141 cm³/mol. The minimum absolute atomic E-state index is 0.156. The van der Waals surface area contributed by atoms with Crippen LogP contribution in [0.2, 0.25) is 0 Å². The second-order valence-electron chi connectivity index (χ2n) is 8.94. The van der Waals surface area contributed by atoms with Crippen LogP contribution in [-0.2, 0) is 9.59 Å². The third kappa shape index (κ3) is 4.17. The smallest absolute Gasteiger partial charge is 0.256 e. The number of carbonyl (C=O) groups excluding carboxylic acids is 2. The summed E-state index contributed by atoms with van der Waals surface area (Å²) in [6, 6.07) is 26.4. The molecule has 182 valence electrons. The van der Waals surface area contributed by atoms with Gasteiger partial charge in [-0.3, -0.25) is 9.59 Å². The second-order valence-corrected chi connectivity index (χ2v) is 8.94. The van der Waals surface area contributed by atoms with Crippen molar-refractivity contribution in [3.05, 3.63) is 90.5 Å². The highest BCUT2D eigenvalue weighted by Crippen LogP contribution is 2.42. The van der Waals surface area contributed by atoms with Gasteiger partial charge in [-0.2, -0.15) is 10.2 Å². The first-order valence-corrected chi connectivity index (χ1v) is 12.1. The first-order chi connectivity index (χ1) is 17.5. The van der Waals surface area contributed by atoms with Gasteiger partial charge in [0.15, 0.2) is 0 Å². The minimum atomic E-state index is -0.613. The first kappa shape index (κ1) is 23.5. The second kappa shape index (κ2) is 9.77. The minimum Gasteiger partial charge on any atom is -0.494 e. The van der Waals surface area contributed by atoms with Gasteiger partial charge in [0.1, 0.15) is 5.75 Å². The molecule has 0 aliphatic carbocycles. The van der Waals surface area contributed by atoms with Gasteiger partial charge in [0.05, 0.1) is 29.8 Å². The molecule has 0 saturated carbocycles. The Balaban J connectivity index is 1.56. The van der Waals surface area contributed by atoms with Crippen molar-refractivity contribution in [3.63, 3.8) is 0 Å². The zero-order chi connectivity index (χ0) is 25.2. The number of anilines is 2. The number of ether oxygens (including phenoxy) is 1. The summed E-state index contributed by atoms with van der Waals surface area (Å²) in [5.74, 6) is -1.28. The molecule has 2 aliphatic rings. The predicted octanol–water partition coefficient (Wildman–Crippen LogP) is 5.25. The Kier molecular flexibility index (Phi) is 6.38. The summed E-state index contributed by atoms with van der Waals surface area (Å²) in [5.41, 5.74) is 3.60. The topological polar surface area (TPSA) is 74.6 Å².